The Morgan fingerprint density at radius 1 is 1.18 bits per heavy atom. The van der Waals surface area contributed by atoms with Gasteiger partial charge in [-0.2, -0.15) is 13.2 Å². The van der Waals surface area contributed by atoms with E-state index in [-0.39, 0.29) is 18.8 Å². The van der Waals surface area contributed by atoms with Gasteiger partial charge >= 0.3 is 18.2 Å². The van der Waals surface area contributed by atoms with E-state index in [0.29, 0.717) is 6.07 Å². The Balaban J connectivity index is 3.06. The predicted molar refractivity (Wildman–Crippen MR) is 69.0 cm³/mol. The highest BCUT2D eigenvalue weighted by Crippen LogP contribution is 2.29. The fourth-order valence-electron chi connectivity index (χ4n) is 1.36. The van der Waals surface area contributed by atoms with Gasteiger partial charge in [0, 0.05) is 0 Å². The number of pyridine rings is 1. The van der Waals surface area contributed by atoms with Gasteiger partial charge in [0.1, 0.15) is 11.3 Å². The maximum atomic E-state index is 12.6. The number of hydrogen-bond donors (Lipinski definition) is 2. The third-order valence-electron chi connectivity index (χ3n) is 2.24. The van der Waals surface area contributed by atoms with Crippen LogP contribution in [-0.4, -0.2) is 30.3 Å². The van der Waals surface area contributed by atoms with Crippen LogP contribution in [0.15, 0.2) is 12.1 Å². The highest BCUT2D eigenvalue weighted by molar-refractivity contribution is 5.94. The number of aromatic nitrogens is 1. The quantitative estimate of drug-likeness (QED) is 0.639. The van der Waals surface area contributed by atoms with E-state index in [9.17, 15) is 22.8 Å². The molecule has 1 aromatic rings. The first kappa shape index (κ1) is 17.5. The zero-order chi connectivity index (χ0) is 16.8. The topological polar surface area (TPSA) is 89.5 Å². The summed E-state index contributed by atoms with van der Waals surface area (Å²) in [5.41, 5.74) is 2.59. The van der Waals surface area contributed by atoms with Crippen molar-refractivity contribution < 1.29 is 32.2 Å². The molecule has 0 spiro atoms. The molecule has 22 heavy (non-hydrogen) atoms. The van der Waals surface area contributed by atoms with Crippen molar-refractivity contribution in [2.45, 2.75) is 20.0 Å². The maximum Gasteiger partial charge on any atom is 0.433 e. The second-order valence-corrected chi connectivity index (χ2v) is 3.78. The van der Waals surface area contributed by atoms with Crippen LogP contribution in [-0.2, 0) is 15.7 Å². The Labute approximate surface area is 123 Å². The van der Waals surface area contributed by atoms with E-state index < -0.39 is 29.8 Å². The molecular weight excluding hydrogens is 307 g/mol. The number of esters is 1. The van der Waals surface area contributed by atoms with E-state index in [1.54, 1.807) is 13.8 Å². The first-order valence-electron chi connectivity index (χ1n) is 6.23. The summed E-state index contributed by atoms with van der Waals surface area (Å²) >= 11 is 0. The van der Waals surface area contributed by atoms with Crippen LogP contribution in [0.3, 0.4) is 0 Å². The Bertz CT molecular complexity index is 549. The summed E-state index contributed by atoms with van der Waals surface area (Å²) in [5, 5.41) is 0. The molecule has 2 N–H and O–H groups in total. The first-order valence-corrected chi connectivity index (χ1v) is 6.23. The number of nitrogens with zero attached hydrogens (tertiary/aromatic N) is 1. The Kier molecular flexibility index (Phi) is 5.96. The second-order valence-electron chi connectivity index (χ2n) is 3.78. The standard InChI is InChI=1S/C12H14F3N3O4/c1-3-21-10(19)7-5-6-8(12(13,14)15)16-9(7)17-18-11(20)22-4-2/h5-6H,3-4H2,1-2H3,(H,16,17)(H,18,20). The van der Waals surface area contributed by atoms with Crippen LogP contribution < -0.4 is 10.9 Å². The van der Waals surface area contributed by atoms with Gasteiger partial charge in [-0.25, -0.2) is 20.0 Å². The van der Waals surface area contributed by atoms with Crippen LogP contribution in [0.1, 0.15) is 29.9 Å². The number of anilines is 1. The second kappa shape index (κ2) is 7.48. The first-order chi connectivity index (χ1) is 10.3. The lowest BCUT2D eigenvalue weighted by Crippen LogP contribution is -2.31. The van der Waals surface area contributed by atoms with Crippen LogP contribution in [0.2, 0.25) is 0 Å². The lowest BCUT2D eigenvalue weighted by Gasteiger charge is -2.13. The number of alkyl halides is 3. The maximum absolute atomic E-state index is 12.6. The third-order valence-corrected chi connectivity index (χ3v) is 2.24. The fraction of sp³-hybridized carbons (Fsp3) is 0.417. The molecule has 1 rings (SSSR count). The molecule has 122 valence electrons. The number of halogens is 3. The van der Waals surface area contributed by atoms with Gasteiger partial charge in [0.15, 0.2) is 5.82 Å². The Hall–Kier alpha value is -2.52. The van der Waals surface area contributed by atoms with Crippen molar-refractivity contribution in [1.29, 1.82) is 0 Å². The monoisotopic (exact) mass is 321 g/mol. The van der Waals surface area contributed by atoms with Gasteiger partial charge in [-0.15, -0.1) is 0 Å². The van der Waals surface area contributed by atoms with Crippen molar-refractivity contribution in [2.24, 2.45) is 0 Å². The minimum atomic E-state index is -4.70. The van der Waals surface area contributed by atoms with Gasteiger partial charge in [-0.1, -0.05) is 0 Å². The summed E-state index contributed by atoms with van der Waals surface area (Å²) in [5.74, 6) is -1.38. The molecule has 0 unspecified atom stereocenters. The molecule has 0 aliphatic heterocycles. The minimum absolute atomic E-state index is 0.0323. The van der Waals surface area contributed by atoms with Crippen molar-refractivity contribution in [2.75, 3.05) is 18.6 Å². The Morgan fingerprint density at radius 3 is 2.36 bits per heavy atom. The lowest BCUT2D eigenvalue weighted by molar-refractivity contribution is -0.141. The van der Waals surface area contributed by atoms with E-state index >= 15 is 0 Å². The summed E-state index contributed by atoms with van der Waals surface area (Å²) in [7, 11) is 0. The SMILES string of the molecule is CCOC(=O)NNc1nc(C(F)(F)F)ccc1C(=O)OCC. The lowest BCUT2D eigenvalue weighted by atomic mass is 10.2. The number of rotatable bonds is 5. The third kappa shape index (κ3) is 4.79. The molecule has 10 heteroatoms. The van der Waals surface area contributed by atoms with E-state index in [4.69, 9.17) is 4.74 Å². The van der Waals surface area contributed by atoms with Gasteiger partial charge in [-0.3, -0.25) is 5.43 Å². The number of nitrogens with one attached hydrogen (secondary N) is 2. The van der Waals surface area contributed by atoms with E-state index in [1.165, 1.54) is 0 Å². The molecule has 1 aromatic heterocycles. The van der Waals surface area contributed by atoms with Crippen molar-refractivity contribution in [3.8, 4) is 0 Å². The average Bonchev–Trinajstić information content (AvgIpc) is 2.44. The van der Waals surface area contributed by atoms with Crippen molar-refractivity contribution >= 4 is 17.9 Å². The zero-order valence-corrected chi connectivity index (χ0v) is 11.8. The predicted octanol–water partition coefficient (Wildman–Crippen LogP) is 2.35. The fourth-order valence-corrected chi connectivity index (χ4v) is 1.36. The molecule has 1 amide bonds. The molecule has 0 atom stereocenters. The number of hydrazine groups is 1. The number of carbonyl (C=O) groups is 2. The summed E-state index contributed by atoms with van der Waals surface area (Å²) in [6.45, 7) is 3.18. The molecule has 0 radical (unpaired) electrons. The smallest absolute Gasteiger partial charge is 0.433 e. The highest BCUT2D eigenvalue weighted by Gasteiger charge is 2.33. The summed E-state index contributed by atoms with van der Waals surface area (Å²) in [4.78, 5) is 26.1. The molecule has 0 fully saturated rings. The molecule has 0 saturated heterocycles. The number of ether oxygens (including phenoxy) is 2. The highest BCUT2D eigenvalue weighted by atomic mass is 19.4. The largest absolute Gasteiger partial charge is 0.462 e. The van der Waals surface area contributed by atoms with Crippen molar-refractivity contribution in [3.63, 3.8) is 0 Å². The summed E-state index contributed by atoms with van der Waals surface area (Å²) in [6.07, 6.45) is -5.63. The van der Waals surface area contributed by atoms with Crippen LogP contribution in [0, 0.1) is 0 Å². The van der Waals surface area contributed by atoms with E-state index in [0.717, 1.165) is 6.07 Å². The molecular formula is C12H14F3N3O4. The molecule has 0 bridgehead atoms. The number of amides is 1. The minimum Gasteiger partial charge on any atom is -0.462 e. The van der Waals surface area contributed by atoms with E-state index in [2.05, 4.69) is 15.1 Å². The van der Waals surface area contributed by atoms with Gasteiger partial charge in [0.2, 0.25) is 0 Å². The summed E-state index contributed by atoms with van der Waals surface area (Å²) in [6, 6.07) is 1.55. The average molecular weight is 321 g/mol. The number of carbonyl (C=O) groups excluding carboxylic acids is 2. The van der Waals surface area contributed by atoms with Crippen LogP contribution in [0.25, 0.3) is 0 Å². The van der Waals surface area contributed by atoms with Crippen molar-refractivity contribution in [1.82, 2.24) is 10.4 Å². The zero-order valence-electron chi connectivity index (χ0n) is 11.8. The molecule has 0 aromatic carbocycles. The van der Waals surface area contributed by atoms with Gasteiger partial charge in [0.25, 0.3) is 0 Å². The van der Waals surface area contributed by atoms with Gasteiger partial charge in [-0.05, 0) is 26.0 Å². The molecule has 0 saturated carbocycles. The van der Waals surface area contributed by atoms with Gasteiger partial charge < -0.3 is 9.47 Å². The molecule has 0 aliphatic carbocycles. The van der Waals surface area contributed by atoms with Crippen LogP contribution in [0.5, 0.6) is 0 Å². The summed E-state index contributed by atoms with van der Waals surface area (Å²) < 4.78 is 47.2. The molecule has 0 aliphatic rings. The number of hydrogen-bond acceptors (Lipinski definition) is 6. The normalized spacial score (nSPS) is 10.8. The molecule has 1 heterocycles. The van der Waals surface area contributed by atoms with E-state index in [1.807, 2.05) is 5.43 Å². The Morgan fingerprint density at radius 2 is 1.82 bits per heavy atom. The van der Waals surface area contributed by atoms with Crippen molar-refractivity contribution in [3.05, 3.63) is 23.4 Å². The van der Waals surface area contributed by atoms with Crippen LogP contribution >= 0.6 is 0 Å². The van der Waals surface area contributed by atoms with Crippen LogP contribution in [0.4, 0.5) is 23.8 Å². The van der Waals surface area contributed by atoms with Gasteiger partial charge in [0.05, 0.1) is 13.2 Å². The molecule has 7 nitrogen and oxygen atoms in total.